The lowest BCUT2D eigenvalue weighted by molar-refractivity contribution is -0.132. The van der Waals surface area contributed by atoms with Crippen molar-refractivity contribution in [3.63, 3.8) is 0 Å². The first-order valence-electron chi connectivity index (χ1n) is 15.0. The van der Waals surface area contributed by atoms with E-state index >= 15 is 0 Å². The molecule has 0 aliphatic rings. The fraction of sp³-hybridized carbons (Fsp3) is 0.897. The molecule has 0 aliphatic heterocycles. The number of carboxylic acid groups (broad SMARTS) is 1. The van der Waals surface area contributed by atoms with Crippen molar-refractivity contribution >= 4 is 5.97 Å². The third-order valence-corrected chi connectivity index (χ3v) is 4.85. The predicted octanol–water partition coefficient (Wildman–Crippen LogP) is -0.227. The first-order chi connectivity index (χ1) is 22.0. The zero-order valence-corrected chi connectivity index (χ0v) is 27.2. The zero-order valence-electron chi connectivity index (χ0n) is 27.2. The van der Waals surface area contributed by atoms with Crippen molar-refractivity contribution in [1.29, 1.82) is 0 Å². The number of aliphatic hydroxyl groups is 2. The summed E-state index contributed by atoms with van der Waals surface area (Å²) in [4.78, 5) is 9.60. The molecule has 45 heavy (non-hydrogen) atoms. The highest BCUT2D eigenvalue weighted by molar-refractivity contribution is 5.84. The Morgan fingerprint density at radius 2 is 0.711 bits per heavy atom. The molecule has 0 aromatic rings. The summed E-state index contributed by atoms with van der Waals surface area (Å²) in [5, 5.41) is 25.6. The molecule has 16 heteroatoms. The number of aliphatic hydroxyl groups excluding tert-OH is 2. The van der Waals surface area contributed by atoms with E-state index in [0.717, 1.165) is 0 Å². The Labute approximate surface area is 267 Å². The second-order valence-electron chi connectivity index (χ2n) is 8.70. The summed E-state index contributed by atoms with van der Waals surface area (Å²) in [7, 11) is 1.41. The Morgan fingerprint density at radius 1 is 0.511 bits per heavy atom. The zero-order chi connectivity index (χ0) is 33.5. The molecular weight excluding hydrogens is 604 g/mol. The molecule has 0 aliphatic carbocycles. The molecule has 0 rings (SSSR count). The Hall–Kier alpha value is -1.35. The summed E-state index contributed by atoms with van der Waals surface area (Å²) in [5.74, 6) is -0.935. The van der Waals surface area contributed by atoms with Gasteiger partial charge in [-0.25, -0.2) is 4.79 Å². The van der Waals surface area contributed by atoms with E-state index in [2.05, 4.69) is 11.3 Å². The van der Waals surface area contributed by atoms with Gasteiger partial charge in [-0.05, 0) is 6.92 Å². The largest absolute Gasteiger partial charge is 0.478 e. The summed E-state index contributed by atoms with van der Waals surface area (Å²) in [5.41, 5.74) is 0.176. The van der Waals surface area contributed by atoms with Gasteiger partial charge < -0.3 is 72.2 Å². The van der Waals surface area contributed by atoms with Gasteiger partial charge in [0.25, 0.3) is 0 Å². The SMILES string of the molecule is C=C(C)C(=O)O.COC(O)COCCOCCOCCOCCOCCOCCOCCOCCOCCOCCOCCO. The van der Waals surface area contributed by atoms with Crippen LogP contribution in [-0.4, -0.2) is 187 Å². The minimum Gasteiger partial charge on any atom is -0.478 e. The van der Waals surface area contributed by atoms with E-state index in [1.807, 2.05) is 0 Å². The van der Waals surface area contributed by atoms with Crippen LogP contribution >= 0.6 is 0 Å². The van der Waals surface area contributed by atoms with Gasteiger partial charge in [0.1, 0.15) is 0 Å². The smallest absolute Gasteiger partial charge is 0.330 e. The van der Waals surface area contributed by atoms with Crippen LogP contribution in [0.15, 0.2) is 12.2 Å². The third kappa shape index (κ3) is 44.8. The second-order valence-corrected chi connectivity index (χ2v) is 8.70. The Bertz CT molecular complexity index is 587. The molecule has 1 unspecified atom stereocenters. The number of rotatable bonds is 36. The first kappa shape index (κ1) is 45.8. The average molecular weight is 663 g/mol. The van der Waals surface area contributed by atoms with Crippen LogP contribution in [0.2, 0.25) is 0 Å². The van der Waals surface area contributed by atoms with Crippen LogP contribution in [-0.2, 0) is 61.6 Å². The van der Waals surface area contributed by atoms with Crippen molar-refractivity contribution < 1.29 is 77.0 Å². The lowest BCUT2D eigenvalue weighted by Gasteiger charge is -2.10. The maximum absolute atomic E-state index is 9.60. The molecule has 1 atom stereocenters. The number of ether oxygens (including phenoxy) is 12. The van der Waals surface area contributed by atoms with Crippen molar-refractivity contribution in [1.82, 2.24) is 0 Å². The van der Waals surface area contributed by atoms with Crippen molar-refractivity contribution in [2.24, 2.45) is 0 Å². The summed E-state index contributed by atoms with van der Waals surface area (Å²) < 4.78 is 63.5. The standard InChI is InChI=1S/C25H52O14.C4H6O2/c1-28-25(27)24-39-23-22-38-21-20-37-19-18-36-17-16-35-15-14-34-13-12-33-11-10-32-9-8-31-7-6-30-5-4-29-3-2-26;1-3(2)4(5)6/h25-27H,2-24H2,1H3;1H2,2H3,(H,5,6). The molecule has 0 heterocycles. The molecule has 0 aromatic heterocycles. The lowest BCUT2D eigenvalue weighted by Crippen LogP contribution is -2.19. The summed E-state index contributed by atoms with van der Waals surface area (Å²) in [6.07, 6.45) is -0.902. The van der Waals surface area contributed by atoms with Gasteiger partial charge in [0.2, 0.25) is 0 Å². The molecule has 0 fully saturated rings. The quantitative estimate of drug-likeness (QED) is 0.0453. The Kier molecular flexibility index (Phi) is 41.4. The fourth-order valence-electron chi connectivity index (χ4n) is 2.52. The highest BCUT2D eigenvalue weighted by atomic mass is 16.6. The number of aliphatic carboxylic acids is 1. The van der Waals surface area contributed by atoms with Gasteiger partial charge in [0, 0.05) is 12.7 Å². The first-order valence-corrected chi connectivity index (χ1v) is 15.0. The lowest BCUT2D eigenvalue weighted by atomic mass is 10.4. The molecule has 0 bridgehead atoms. The maximum atomic E-state index is 9.60. The topological polar surface area (TPSA) is 189 Å². The second kappa shape index (κ2) is 40.7. The number of hydrogen-bond donors (Lipinski definition) is 3. The number of methoxy groups -OCH3 is 1. The van der Waals surface area contributed by atoms with Crippen LogP contribution < -0.4 is 0 Å². The van der Waals surface area contributed by atoms with Crippen molar-refractivity contribution in [2.45, 2.75) is 13.2 Å². The summed E-state index contributed by atoms with van der Waals surface area (Å²) in [6, 6.07) is 0. The van der Waals surface area contributed by atoms with E-state index in [4.69, 9.17) is 67.4 Å². The number of carbonyl (C=O) groups is 1. The van der Waals surface area contributed by atoms with Gasteiger partial charge in [-0.1, -0.05) is 6.58 Å². The van der Waals surface area contributed by atoms with E-state index < -0.39 is 12.3 Å². The third-order valence-electron chi connectivity index (χ3n) is 4.85. The summed E-state index contributed by atoms with van der Waals surface area (Å²) >= 11 is 0. The molecule has 0 saturated carbocycles. The van der Waals surface area contributed by atoms with Crippen molar-refractivity contribution in [3.8, 4) is 0 Å². The van der Waals surface area contributed by atoms with Gasteiger partial charge in [-0.2, -0.15) is 0 Å². The predicted molar refractivity (Wildman–Crippen MR) is 162 cm³/mol. The average Bonchev–Trinajstić information content (AvgIpc) is 3.03. The number of carboxylic acids is 1. The molecule has 0 saturated heterocycles. The van der Waals surface area contributed by atoms with Crippen LogP contribution in [0.3, 0.4) is 0 Å². The Morgan fingerprint density at radius 3 is 0.889 bits per heavy atom. The molecule has 270 valence electrons. The van der Waals surface area contributed by atoms with Crippen LogP contribution in [0, 0.1) is 0 Å². The molecule has 16 nitrogen and oxygen atoms in total. The molecular formula is C29H58O16. The molecule has 3 N–H and O–H groups in total. The molecule has 0 spiro atoms. The Balaban J connectivity index is 0. The van der Waals surface area contributed by atoms with Crippen LogP contribution in [0.1, 0.15) is 6.92 Å². The van der Waals surface area contributed by atoms with Crippen LogP contribution in [0.4, 0.5) is 0 Å². The van der Waals surface area contributed by atoms with Gasteiger partial charge >= 0.3 is 5.97 Å². The maximum Gasteiger partial charge on any atom is 0.330 e. The molecule has 0 radical (unpaired) electrons. The van der Waals surface area contributed by atoms with E-state index in [-0.39, 0.29) is 18.8 Å². The van der Waals surface area contributed by atoms with Crippen LogP contribution in [0.5, 0.6) is 0 Å². The highest BCUT2D eigenvalue weighted by Crippen LogP contribution is 1.88. The molecule has 0 amide bonds. The molecule has 0 aromatic carbocycles. The minimum atomic E-state index is -0.935. The highest BCUT2D eigenvalue weighted by Gasteiger charge is 2.00. The minimum absolute atomic E-state index is 0.0235. The van der Waals surface area contributed by atoms with Crippen LogP contribution in [0.25, 0.3) is 0 Å². The van der Waals surface area contributed by atoms with Crippen molar-refractivity contribution in [3.05, 3.63) is 12.2 Å². The van der Waals surface area contributed by atoms with E-state index in [1.165, 1.54) is 14.0 Å². The van der Waals surface area contributed by atoms with E-state index in [0.29, 0.717) is 139 Å². The monoisotopic (exact) mass is 662 g/mol. The normalized spacial score (nSPS) is 11.7. The van der Waals surface area contributed by atoms with E-state index in [9.17, 15) is 4.79 Å². The summed E-state index contributed by atoms with van der Waals surface area (Å²) in [6.45, 7) is 14.8. The van der Waals surface area contributed by atoms with Crippen molar-refractivity contribution in [2.75, 3.05) is 159 Å². The van der Waals surface area contributed by atoms with Gasteiger partial charge in [0.05, 0.1) is 152 Å². The van der Waals surface area contributed by atoms with Gasteiger partial charge in [0.15, 0.2) is 6.29 Å². The fourth-order valence-corrected chi connectivity index (χ4v) is 2.52. The number of hydrogen-bond acceptors (Lipinski definition) is 15. The van der Waals surface area contributed by atoms with E-state index in [1.54, 1.807) is 0 Å². The van der Waals surface area contributed by atoms with Gasteiger partial charge in [-0.15, -0.1) is 0 Å². The van der Waals surface area contributed by atoms with Gasteiger partial charge in [-0.3, -0.25) is 0 Å².